The fourth-order valence-corrected chi connectivity index (χ4v) is 1.64. The Morgan fingerprint density at radius 1 is 1.38 bits per heavy atom. The Kier molecular flexibility index (Phi) is 2.81. The van der Waals surface area contributed by atoms with Gasteiger partial charge in [-0.2, -0.15) is 4.98 Å². The molecule has 0 saturated carbocycles. The summed E-state index contributed by atoms with van der Waals surface area (Å²) in [5.74, 6) is 1.62. The molecule has 0 unspecified atom stereocenters. The molecule has 0 saturated heterocycles. The van der Waals surface area contributed by atoms with Gasteiger partial charge in [0.05, 0.1) is 12.8 Å². The third-order valence-corrected chi connectivity index (χ3v) is 2.45. The average molecular weight is 218 g/mol. The average Bonchev–Trinajstić information content (AvgIpc) is 2.58. The lowest BCUT2D eigenvalue weighted by Gasteiger charge is -2.06. The van der Waals surface area contributed by atoms with Crippen LogP contribution in [0.4, 0.5) is 6.01 Å². The monoisotopic (exact) mass is 218 g/mol. The van der Waals surface area contributed by atoms with Gasteiger partial charge >= 0.3 is 0 Å². The Morgan fingerprint density at radius 3 is 2.75 bits per heavy atom. The molecule has 1 heterocycles. The van der Waals surface area contributed by atoms with Gasteiger partial charge in [0.1, 0.15) is 11.5 Å². The zero-order valence-electron chi connectivity index (χ0n) is 9.36. The molecular formula is C12H14N2O2. The molecule has 1 aromatic carbocycles. The lowest BCUT2D eigenvalue weighted by molar-refractivity contribution is 0.409. The van der Waals surface area contributed by atoms with E-state index in [1.165, 1.54) is 0 Å². The van der Waals surface area contributed by atoms with Crippen LogP contribution < -0.4 is 10.5 Å². The van der Waals surface area contributed by atoms with Gasteiger partial charge in [-0.05, 0) is 13.0 Å². The highest BCUT2D eigenvalue weighted by Gasteiger charge is 2.10. The van der Waals surface area contributed by atoms with E-state index in [2.05, 4.69) is 4.98 Å². The van der Waals surface area contributed by atoms with E-state index in [4.69, 9.17) is 14.9 Å². The van der Waals surface area contributed by atoms with Crippen molar-refractivity contribution in [3.05, 3.63) is 41.3 Å². The van der Waals surface area contributed by atoms with Crippen LogP contribution in [0, 0.1) is 6.92 Å². The van der Waals surface area contributed by atoms with Crippen LogP contribution in [0.15, 0.2) is 28.7 Å². The Labute approximate surface area is 94.1 Å². The fraction of sp³-hybridized carbons (Fsp3) is 0.250. The Hall–Kier alpha value is -1.97. The Bertz CT molecular complexity index is 492. The van der Waals surface area contributed by atoms with Gasteiger partial charge in [-0.3, -0.25) is 0 Å². The molecule has 1 aromatic heterocycles. The van der Waals surface area contributed by atoms with E-state index >= 15 is 0 Å². The molecule has 0 amide bonds. The third-order valence-electron chi connectivity index (χ3n) is 2.45. The number of benzene rings is 1. The first-order valence-corrected chi connectivity index (χ1v) is 5.04. The highest BCUT2D eigenvalue weighted by atomic mass is 16.5. The van der Waals surface area contributed by atoms with Crippen LogP contribution >= 0.6 is 0 Å². The van der Waals surface area contributed by atoms with Crippen LogP contribution in [-0.2, 0) is 6.42 Å². The summed E-state index contributed by atoms with van der Waals surface area (Å²) >= 11 is 0. The van der Waals surface area contributed by atoms with Crippen molar-refractivity contribution in [1.29, 1.82) is 0 Å². The highest BCUT2D eigenvalue weighted by molar-refractivity contribution is 5.37. The molecule has 0 radical (unpaired) electrons. The highest BCUT2D eigenvalue weighted by Crippen LogP contribution is 2.23. The van der Waals surface area contributed by atoms with Crippen molar-refractivity contribution in [2.24, 2.45) is 0 Å². The van der Waals surface area contributed by atoms with Gasteiger partial charge in [-0.25, -0.2) is 0 Å². The number of aryl methyl sites for hydroxylation is 1. The standard InChI is InChI=1S/C12H14N2O2/c1-8-11(16-12(13)14-8)7-9-5-3-4-6-10(9)15-2/h3-6H,7H2,1-2H3,(H2,13,14). The number of methoxy groups -OCH3 is 1. The zero-order valence-corrected chi connectivity index (χ0v) is 9.36. The first-order chi connectivity index (χ1) is 7.70. The summed E-state index contributed by atoms with van der Waals surface area (Å²) in [5.41, 5.74) is 7.38. The molecule has 16 heavy (non-hydrogen) atoms. The molecule has 0 aliphatic carbocycles. The van der Waals surface area contributed by atoms with Crippen LogP contribution in [0.3, 0.4) is 0 Å². The molecule has 2 aromatic rings. The molecule has 0 bridgehead atoms. The fourth-order valence-electron chi connectivity index (χ4n) is 1.64. The molecule has 0 aliphatic heterocycles. The van der Waals surface area contributed by atoms with E-state index in [1.807, 2.05) is 31.2 Å². The largest absolute Gasteiger partial charge is 0.496 e. The SMILES string of the molecule is COc1ccccc1Cc1oc(N)nc1C. The van der Waals surface area contributed by atoms with E-state index in [-0.39, 0.29) is 6.01 Å². The second-order valence-electron chi connectivity index (χ2n) is 3.55. The zero-order chi connectivity index (χ0) is 11.5. The predicted octanol–water partition coefficient (Wildman–Crippen LogP) is 2.16. The minimum absolute atomic E-state index is 0.211. The molecular weight excluding hydrogens is 204 g/mol. The van der Waals surface area contributed by atoms with Crippen molar-refractivity contribution in [3.63, 3.8) is 0 Å². The van der Waals surface area contributed by atoms with Gasteiger partial charge in [-0.15, -0.1) is 0 Å². The number of hydrogen-bond acceptors (Lipinski definition) is 4. The van der Waals surface area contributed by atoms with Gasteiger partial charge in [0.2, 0.25) is 0 Å². The topological polar surface area (TPSA) is 61.3 Å². The number of ether oxygens (including phenoxy) is 1. The molecule has 0 fully saturated rings. The molecule has 0 spiro atoms. The van der Waals surface area contributed by atoms with Crippen LogP contribution in [-0.4, -0.2) is 12.1 Å². The normalized spacial score (nSPS) is 10.4. The summed E-state index contributed by atoms with van der Waals surface area (Å²) in [5, 5.41) is 0. The number of nitrogen functional groups attached to an aromatic ring is 1. The number of oxazole rings is 1. The van der Waals surface area contributed by atoms with Crippen LogP contribution in [0.2, 0.25) is 0 Å². The summed E-state index contributed by atoms with van der Waals surface area (Å²) in [6.45, 7) is 1.88. The first kappa shape index (κ1) is 10.5. The van der Waals surface area contributed by atoms with E-state index in [0.29, 0.717) is 6.42 Å². The maximum absolute atomic E-state index is 5.49. The Balaban J connectivity index is 2.30. The van der Waals surface area contributed by atoms with E-state index in [0.717, 1.165) is 22.8 Å². The number of hydrogen-bond donors (Lipinski definition) is 1. The van der Waals surface area contributed by atoms with Gasteiger partial charge in [0.15, 0.2) is 0 Å². The molecule has 2 N–H and O–H groups in total. The lowest BCUT2D eigenvalue weighted by atomic mass is 10.1. The summed E-state index contributed by atoms with van der Waals surface area (Å²) in [7, 11) is 1.65. The number of para-hydroxylation sites is 1. The van der Waals surface area contributed by atoms with E-state index < -0.39 is 0 Å². The second kappa shape index (κ2) is 4.26. The summed E-state index contributed by atoms with van der Waals surface area (Å²) in [4.78, 5) is 4.03. The minimum atomic E-state index is 0.211. The van der Waals surface area contributed by atoms with Gasteiger partial charge in [-0.1, -0.05) is 18.2 Å². The minimum Gasteiger partial charge on any atom is -0.496 e. The third kappa shape index (κ3) is 2.00. The molecule has 2 rings (SSSR count). The molecule has 4 nitrogen and oxygen atoms in total. The van der Waals surface area contributed by atoms with E-state index in [1.54, 1.807) is 7.11 Å². The number of anilines is 1. The van der Waals surface area contributed by atoms with Crippen LogP contribution in [0.25, 0.3) is 0 Å². The van der Waals surface area contributed by atoms with Gasteiger partial charge in [0.25, 0.3) is 6.01 Å². The smallest absolute Gasteiger partial charge is 0.292 e. The summed E-state index contributed by atoms with van der Waals surface area (Å²) < 4.78 is 10.6. The number of nitrogens with zero attached hydrogens (tertiary/aromatic N) is 1. The maximum atomic E-state index is 5.49. The number of aromatic nitrogens is 1. The Morgan fingerprint density at radius 2 is 2.12 bits per heavy atom. The molecule has 84 valence electrons. The quantitative estimate of drug-likeness (QED) is 0.857. The van der Waals surface area contributed by atoms with Gasteiger partial charge in [0, 0.05) is 12.0 Å². The van der Waals surface area contributed by atoms with Crippen molar-refractivity contribution in [2.45, 2.75) is 13.3 Å². The lowest BCUT2D eigenvalue weighted by Crippen LogP contribution is -1.93. The number of nitrogens with two attached hydrogens (primary N) is 1. The summed E-state index contributed by atoms with van der Waals surface area (Å²) in [6.07, 6.45) is 0.639. The van der Waals surface area contributed by atoms with Crippen molar-refractivity contribution in [1.82, 2.24) is 4.98 Å². The van der Waals surface area contributed by atoms with Crippen LogP contribution in [0.1, 0.15) is 17.0 Å². The summed E-state index contributed by atoms with van der Waals surface area (Å²) in [6, 6.07) is 8.03. The van der Waals surface area contributed by atoms with Crippen LogP contribution in [0.5, 0.6) is 5.75 Å². The molecule has 0 atom stereocenters. The van der Waals surface area contributed by atoms with Crippen molar-refractivity contribution < 1.29 is 9.15 Å². The van der Waals surface area contributed by atoms with Gasteiger partial charge < -0.3 is 14.9 Å². The second-order valence-corrected chi connectivity index (χ2v) is 3.55. The van der Waals surface area contributed by atoms with Crippen molar-refractivity contribution in [2.75, 3.05) is 12.8 Å². The predicted molar refractivity (Wildman–Crippen MR) is 61.5 cm³/mol. The van der Waals surface area contributed by atoms with Crippen molar-refractivity contribution >= 4 is 6.01 Å². The first-order valence-electron chi connectivity index (χ1n) is 5.04. The maximum Gasteiger partial charge on any atom is 0.292 e. The van der Waals surface area contributed by atoms with E-state index in [9.17, 15) is 0 Å². The molecule has 4 heteroatoms. The molecule has 0 aliphatic rings. The number of rotatable bonds is 3. The van der Waals surface area contributed by atoms with Crippen molar-refractivity contribution in [3.8, 4) is 5.75 Å².